The van der Waals surface area contributed by atoms with E-state index in [1.165, 1.54) is 29.2 Å². The van der Waals surface area contributed by atoms with Crippen LogP contribution in [0.25, 0.3) is 6.08 Å². The molecule has 0 spiro atoms. The lowest BCUT2D eigenvalue weighted by atomic mass is 10.2. The van der Waals surface area contributed by atoms with Crippen molar-refractivity contribution in [2.45, 2.75) is 0 Å². The van der Waals surface area contributed by atoms with Gasteiger partial charge in [-0.05, 0) is 12.1 Å². The number of hydrogen-bond acceptors (Lipinski definition) is 2. The van der Waals surface area contributed by atoms with Gasteiger partial charge in [0.25, 0.3) is 0 Å². The molecule has 0 aromatic heterocycles. The lowest BCUT2D eigenvalue weighted by Gasteiger charge is -2.05. The Morgan fingerprint density at radius 3 is 2.73 bits per heavy atom. The maximum atomic E-state index is 12.9. The van der Waals surface area contributed by atoms with Gasteiger partial charge in [-0.1, -0.05) is 12.1 Å². The van der Waals surface area contributed by atoms with E-state index in [-0.39, 0.29) is 11.5 Å². The Balaban J connectivity index is 2.90. The molecular weight excluding hydrogens is 197 g/mol. The monoisotopic (exact) mass is 209 g/mol. The normalized spacial score (nSPS) is 10.6. The number of nitrogens with zero attached hydrogens (tertiary/aromatic N) is 1. The average Bonchev–Trinajstić information content (AvgIpc) is 2.19. The summed E-state index contributed by atoms with van der Waals surface area (Å²) in [6, 6.07) is 4.15. The first-order valence-electron chi connectivity index (χ1n) is 4.39. The van der Waals surface area contributed by atoms with Crippen LogP contribution in [0.3, 0.4) is 0 Å². The van der Waals surface area contributed by atoms with Crippen LogP contribution in [-0.4, -0.2) is 30.0 Å². The van der Waals surface area contributed by atoms with E-state index in [2.05, 4.69) is 0 Å². The molecule has 0 unspecified atom stereocenters. The van der Waals surface area contributed by atoms with Crippen LogP contribution < -0.4 is 0 Å². The molecule has 0 radical (unpaired) electrons. The van der Waals surface area contributed by atoms with E-state index in [0.29, 0.717) is 0 Å². The number of carbonyl (C=O) groups excluding carboxylic acids is 1. The van der Waals surface area contributed by atoms with Crippen molar-refractivity contribution in [3.63, 3.8) is 0 Å². The number of phenolic OH excluding ortho intramolecular Hbond substituents is 1. The van der Waals surface area contributed by atoms with Crippen molar-refractivity contribution >= 4 is 12.0 Å². The summed E-state index contributed by atoms with van der Waals surface area (Å²) in [6.45, 7) is 0. The third-order valence-electron chi connectivity index (χ3n) is 1.86. The number of aromatic hydroxyl groups is 1. The van der Waals surface area contributed by atoms with Gasteiger partial charge in [0.2, 0.25) is 5.91 Å². The van der Waals surface area contributed by atoms with Crippen LogP contribution in [0.2, 0.25) is 0 Å². The highest BCUT2D eigenvalue weighted by Gasteiger charge is 2.04. The van der Waals surface area contributed by atoms with Crippen LogP contribution in [0.4, 0.5) is 4.39 Å². The first-order valence-corrected chi connectivity index (χ1v) is 4.39. The minimum Gasteiger partial charge on any atom is -0.504 e. The van der Waals surface area contributed by atoms with E-state index < -0.39 is 11.6 Å². The number of phenols is 1. The van der Waals surface area contributed by atoms with Gasteiger partial charge in [-0.15, -0.1) is 0 Å². The summed E-state index contributed by atoms with van der Waals surface area (Å²) in [5.41, 5.74) is 0.283. The minimum absolute atomic E-state index is 0.223. The smallest absolute Gasteiger partial charge is 0.246 e. The molecular formula is C11H12FNO2. The topological polar surface area (TPSA) is 40.5 Å². The molecule has 0 saturated heterocycles. The van der Waals surface area contributed by atoms with Gasteiger partial charge in [0.05, 0.1) is 0 Å². The van der Waals surface area contributed by atoms with Crippen LogP contribution in [0.1, 0.15) is 5.56 Å². The van der Waals surface area contributed by atoms with E-state index in [4.69, 9.17) is 0 Å². The molecule has 80 valence electrons. The Kier molecular flexibility index (Phi) is 3.44. The standard InChI is InChI=1S/C11H12FNO2/c1-13(2)10(14)7-6-8-4-3-5-9(12)11(8)15/h3-7,15H,1-2H3/b7-6+. The fourth-order valence-electron chi connectivity index (χ4n) is 0.977. The molecule has 4 heteroatoms. The first kappa shape index (κ1) is 11.2. The number of rotatable bonds is 2. The van der Waals surface area contributed by atoms with Crippen LogP contribution >= 0.6 is 0 Å². The lowest BCUT2D eigenvalue weighted by Crippen LogP contribution is -2.18. The highest BCUT2D eigenvalue weighted by atomic mass is 19.1. The van der Waals surface area contributed by atoms with E-state index in [0.717, 1.165) is 6.07 Å². The summed E-state index contributed by atoms with van der Waals surface area (Å²) < 4.78 is 12.9. The number of para-hydroxylation sites is 1. The largest absolute Gasteiger partial charge is 0.504 e. The van der Waals surface area contributed by atoms with Gasteiger partial charge in [0.1, 0.15) is 0 Å². The van der Waals surface area contributed by atoms with Gasteiger partial charge in [-0.25, -0.2) is 4.39 Å². The Morgan fingerprint density at radius 1 is 1.47 bits per heavy atom. The summed E-state index contributed by atoms with van der Waals surface area (Å²) in [5.74, 6) is -1.37. The third kappa shape index (κ3) is 2.80. The Labute approximate surface area is 87.4 Å². The SMILES string of the molecule is CN(C)C(=O)/C=C/c1cccc(F)c1O. The zero-order valence-electron chi connectivity index (χ0n) is 8.57. The van der Waals surface area contributed by atoms with Crippen molar-refractivity contribution < 1.29 is 14.3 Å². The van der Waals surface area contributed by atoms with E-state index in [9.17, 15) is 14.3 Å². The zero-order chi connectivity index (χ0) is 11.4. The maximum absolute atomic E-state index is 12.9. The number of halogens is 1. The molecule has 0 saturated carbocycles. The Morgan fingerprint density at radius 2 is 2.13 bits per heavy atom. The van der Waals surface area contributed by atoms with Gasteiger partial charge in [0, 0.05) is 25.7 Å². The second-order valence-electron chi connectivity index (χ2n) is 3.24. The molecule has 0 atom stereocenters. The zero-order valence-corrected chi connectivity index (χ0v) is 8.57. The molecule has 0 aliphatic rings. The highest BCUT2D eigenvalue weighted by molar-refractivity contribution is 5.91. The van der Waals surface area contributed by atoms with E-state index in [1.54, 1.807) is 14.1 Å². The van der Waals surface area contributed by atoms with Gasteiger partial charge in [-0.3, -0.25) is 4.79 Å². The molecule has 1 rings (SSSR count). The summed E-state index contributed by atoms with van der Waals surface area (Å²) >= 11 is 0. The molecule has 0 fully saturated rings. The molecule has 15 heavy (non-hydrogen) atoms. The quantitative estimate of drug-likeness (QED) is 0.752. The summed E-state index contributed by atoms with van der Waals surface area (Å²) in [4.78, 5) is 12.6. The summed E-state index contributed by atoms with van der Waals surface area (Å²) in [6.07, 6.45) is 2.65. The first-order chi connectivity index (χ1) is 7.02. The van der Waals surface area contributed by atoms with Crippen molar-refractivity contribution in [3.05, 3.63) is 35.7 Å². The van der Waals surface area contributed by atoms with Crippen LogP contribution in [0.5, 0.6) is 5.75 Å². The van der Waals surface area contributed by atoms with Crippen molar-refractivity contribution in [2.24, 2.45) is 0 Å². The Hall–Kier alpha value is -1.84. The van der Waals surface area contributed by atoms with Gasteiger partial charge in [-0.2, -0.15) is 0 Å². The molecule has 0 aliphatic carbocycles. The number of carbonyl (C=O) groups is 1. The van der Waals surface area contributed by atoms with E-state index in [1.807, 2.05) is 0 Å². The highest BCUT2D eigenvalue weighted by Crippen LogP contribution is 2.21. The number of hydrogen-bond donors (Lipinski definition) is 1. The van der Waals surface area contributed by atoms with Crippen LogP contribution in [0.15, 0.2) is 24.3 Å². The molecule has 1 amide bonds. The fraction of sp³-hybridized carbons (Fsp3) is 0.182. The van der Waals surface area contributed by atoms with E-state index >= 15 is 0 Å². The number of amides is 1. The minimum atomic E-state index is -0.700. The second kappa shape index (κ2) is 4.59. The Bertz CT molecular complexity index is 400. The second-order valence-corrected chi connectivity index (χ2v) is 3.24. The molecule has 0 bridgehead atoms. The summed E-state index contributed by atoms with van der Waals surface area (Å²) in [5, 5.41) is 9.30. The molecule has 1 aromatic carbocycles. The fourth-order valence-corrected chi connectivity index (χ4v) is 0.977. The maximum Gasteiger partial charge on any atom is 0.246 e. The molecule has 1 aromatic rings. The van der Waals surface area contributed by atoms with Crippen molar-refractivity contribution in [3.8, 4) is 5.75 Å². The van der Waals surface area contributed by atoms with Crippen molar-refractivity contribution in [1.29, 1.82) is 0 Å². The third-order valence-corrected chi connectivity index (χ3v) is 1.86. The number of benzene rings is 1. The average molecular weight is 209 g/mol. The molecule has 1 N–H and O–H groups in total. The van der Waals surface area contributed by atoms with Gasteiger partial charge >= 0.3 is 0 Å². The predicted octanol–water partition coefficient (Wildman–Crippen LogP) is 1.63. The predicted molar refractivity (Wildman–Crippen MR) is 55.8 cm³/mol. The molecule has 3 nitrogen and oxygen atoms in total. The summed E-state index contributed by atoms with van der Waals surface area (Å²) in [7, 11) is 3.22. The van der Waals surface area contributed by atoms with Crippen molar-refractivity contribution in [2.75, 3.05) is 14.1 Å². The molecule has 0 aliphatic heterocycles. The number of likely N-dealkylation sites (N-methyl/N-ethyl adjacent to an activating group) is 1. The van der Waals surface area contributed by atoms with Crippen LogP contribution in [0, 0.1) is 5.82 Å². The van der Waals surface area contributed by atoms with Crippen LogP contribution in [-0.2, 0) is 4.79 Å². The van der Waals surface area contributed by atoms with Gasteiger partial charge in [0.15, 0.2) is 11.6 Å². The van der Waals surface area contributed by atoms with Gasteiger partial charge < -0.3 is 10.0 Å². The lowest BCUT2D eigenvalue weighted by molar-refractivity contribution is -0.123. The molecule has 0 heterocycles. The van der Waals surface area contributed by atoms with Crippen molar-refractivity contribution in [1.82, 2.24) is 4.90 Å².